The topological polar surface area (TPSA) is 79.5 Å². The van der Waals surface area contributed by atoms with Gasteiger partial charge in [0.15, 0.2) is 5.09 Å². The van der Waals surface area contributed by atoms with Crippen LogP contribution in [0.25, 0.3) is 0 Å². The van der Waals surface area contributed by atoms with Crippen molar-refractivity contribution in [2.45, 2.75) is 5.09 Å². The molecule has 0 aliphatic heterocycles. The van der Waals surface area contributed by atoms with Gasteiger partial charge in [0.05, 0.1) is 10.8 Å². The van der Waals surface area contributed by atoms with Crippen molar-refractivity contribution >= 4 is 40.9 Å². The molecule has 1 heterocycles. The standard InChI is InChI=1S/C13H9ClFNO4S/c14-8-5-7(1-2-9(8)15)16-11(17)6-21-12-4-3-10(20-12)13(18)19/h1-5H,6H2,(H,16,17)(H,18,19). The molecule has 0 bridgehead atoms. The number of rotatable bonds is 5. The van der Waals surface area contributed by atoms with E-state index < -0.39 is 11.8 Å². The van der Waals surface area contributed by atoms with Crippen LogP contribution < -0.4 is 5.32 Å². The predicted molar refractivity (Wildman–Crippen MR) is 76.4 cm³/mol. The third-order valence-electron chi connectivity index (χ3n) is 2.34. The molecular formula is C13H9ClFNO4S. The average molecular weight is 330 g/mol. The van der Waals surface area contributed by atoms with E-state index in [1.54, 1.807) is 0 Å². The van der Waals surface area contributed by atoms with Crippen LogP contribution in [0.4, 0.5) is 10.1 Å². The summed E-state index contributed by atoms with van der Waals surface area (Å²) in [5, 5.41) is 11.5. The minimum Gasteiger partial charge on any atom is -0.475 e. The number of hydrogen-bond donors (Lipinski definition) is 2. The summed E-state index contributed by atoms with van der Waals surface area (Å²) >= 11 is 6.64. The number of carbonyl (C=O) groups excluding carboxylic acids is 1. The highest BCUT2D eigenvalue weighted by Crippen LogP contribution is 2.22. The van der Waals surface area contributed by atoms with E-state index in [0.717, 1.165) is 17.8 Å². The number of hydrogen-bond acceptors (Lipinski definition) is 4. The van der Waals surface area contributed by atoms with E-state index in [1.807, 2.05) is 0 Å². The van der Waals surface area contributed by atoms with Crippen molar-refractivity contribution in [3.8, 4) is 0 Å². The molecule has 0 aliphatic rings. The number of thioether (sulfide) groups is 1. The third kappa shape index (κ3) is 4.24. The van der Waals surface area contributed by atoms with E-state index >= 15 is 0 Å². The van der Waals surface area contributed by atoms with Gasteiger partial charge in [0.2, 0.25) is 11.7 Å². The van der Waals surface area contributed by atoms with Gasteiger partial charge in [-0.3, -0.25) is 4.79 Å². The molecule has 0 saturated carbocycles. The van der Waals surface area contributed by atoms with E-state index in [0.29, 0.717) is 10.8 Å². The largest absolute Gasteiger partial charge is 0.475 e. The Hall–Kier alpha value is -1.99. The van der Waals surface area contributed by atoms with Crippen LogP contribution in [0.1, 0.15) is 10.6 Å². The number of aromatic carboxylic acids is 1. The van der Waals surface area contributed by atoms with Crippen LogP contribution >= 0.6 is 23.4 Å². The molecule has 0 saturated heterocycles. The number of benzene rings is 1. The Kier molecular flexibility index (Phi) is 4.87. The lowest BCUT2D eigenvalue weighted by Crippen LogP contribution is -2.13. The van der Waals surface area contributed by atoms with Gasteiger partial charge in [-0.25, -0.2) is 9.18 Å². The number of amides is 1. The highest BCUT2D eigenvalue weighted by molar-refractivity contribution is 7.99. The Bertz CT molecular complexity index is 689. The van der Waals surface area contributed by atoms with Crippen LogP contribution in [0.5, 0.6) is 0 Å². The molecule has 1 amide bonds. The van der Waals surface area contributed by atoms with Crippen molar-refractivity contribution in [1.82, 2.24) is 0 Å². The lowest BCUT2D eigenvalue weighted by atomic mass is 10.3. The Labute approximate surface area is 128 Å². The van der Waals surface area contributed by atoms with Crippen molar-refractivity contribution in [2.75, 3.05) is 11.1 Å². The molecule has 0 atom stereocenters. The van der Waals surface area contributed by atoms with Gasteiger partial charge >= 0.3 is 5.97 Å². The normalized spacial score (nSPS) is 10.4. The van der Waals surface area contributed by atoms with E-state index in [2.05, 4.69) is 5.32 Å². The maximum absolute atomic E-state index is 13.0. The first-order chi connectivity index (χ1) is 9.95. The zero-order valence-electron chi connectivity index (χ0n) is 10.4. The molecule has 0 spiro atoms. The number of carbonyl (C=O) groups is 2. The maximum Gasteiger partial charge on any atom is 0.371 e. The van der Waals surface area contributed by atoms with Crippen LogP contribution in [-0.4, -0.2) is 22.7 Å². The fourth-order valence-corrected chi connectivity index (χ4v) is 2.26. The number of anilines is 1. The molecule has 8 heteroatoms. The summed E-state index contributed by atoms with van der Waals surface area (Å²) in [5.74, 6) is -2.27. The van der Waals surface area contributed by atoms with Crippen molar-refractivity contribution in [1.29, 1.82) is 0 Å². The summed E-state index contributed by atoms with van der Waals surface area (Å²) in [6.45, 7) is 0. The second-order valence-corrected chi connectivity index (χ2v) is 5.28. The summed E-state index contributed by atoms with van der Waals surface area (Å²) in [4.78, 5) is 22.3. The molecule has 0 unspecified atom stereocenters. The molecule has 2 N–H and O–H groups in total. The number of carboxylic acid groups (broad SMARTS) is 1. The number of carboxylic acids is 1. The second kappa shape index (κ2) is 6.64. The van der Waals surface area contributed by atoms with Gasteiger partial charge in [0.25, 0.3) is 0 Å². The lowest BCUT2D eigenvalue weighted by molar-refractivity contribution is -0.113. The third-order valence-corrected chi connectivity index (χ3v) is 3.54. The van der Waals surface area contributed by atoms with Gasteiger partial charge in [-0.2, -0.15) is 0 Å². The van der Waals surface area contributed by atoms with Gasteiger partial charge in [0, 0.05) is 5.69 Å². The van der Waals surface area contributed by atoms with Crippen LogP contribution in [-0.2, 0) is 4.79 Å². The van der Waals surface area contributed by atoms with Crippen molar-refractivity contribution in [3.63, 3.8) is 0 Å². The monoisotopic (exact) mass is 329 g/mol. The first-order valence-corrected chi connectivity index (χ1v) is 7.03. The summed E-state index contributed by atoms with van der Waals surface area (Å²) in [7, 11) is 0. The van der Waals surface area contributed by atoms with Crippen molar-refractivity contribution in [2.24, 2.45) is 0 Å². The van der Waals surface area contributed by atoms with Crippen molar-refractivity contribution < 1.29 is 23.5 Å². The smallest absolute Gasteiger partial charge is 0.371 e. The molecule has 0 radical (unpaired) electrons. The van der Waals surface area contributed by atoms with E-state index in [4.69, 9.17) is 21.1 Å². The molecule has 5 nitrogen and oxygen atoms in total. The highest BCUT2D eigenvalue weighted by Gasteiger charge is 2.11. The predicted octanol–water partition coefficient (Wildman–Crippen LogP) is 3.50. The molecular weight excluding hydrogens is 321 g/mol. The van der Waals surface area contributed by atoms with Gasteiger partial charge < -0.3 is 14.8 Å². The molecule has 0 fully saturated rings. The first kappa shape index (κ1) is 15.4. The fraction of sp³-hybridized carbons (Fsp3) is 0.0769. The maximum atomic E-state index is 13.0. The van der Waals surface area contributed by atoms with Gasteiger partial charge in [-0.05, 0) is 30.3 Å². The fourth-order valence-electron chi connectivity index (χ4n) is 1.42. The molecule has 2 aromatic rings. The van der Waals surface area contributed by atoms with Crippen molar-refractivity contribution in [3.05, 3.63) is 46.9 Å². The molecule has 21 heavy (non-hydrogen) atoms. The van der Waals surface area contributed by atoms with Crippen LogP contribution in [0.15, 0.2) is 39.8 Å². The number of halogens is 2. The van der Waals surface area contributed by atoms with Gasteiger partial charge in [-0.15, -0.1) is 0 Å². The van der Waals surface area contributed by atoms with E-state index in [-0.39, 0.29) is 22.4 Å². The summed E-state index contributed by atoms with van der Waals surface area (Å²) in [5.41, 5.74) is 0.373. The Morgan fingerprint density at radius 3 is 2.71 bits per heavy atom. The van der Waals surface area contributed by atoms with Crippen LogP contribution in [0.3, 0.4) is 0 Å². The van der Waals surface area contributed by atoms with E-state index in [1.165, 1.54) is 24.3 Å². The summed E-state index contributed by atoms with van der Waals surface area (Å²) in [6.07, 6.45) is 0. The molecule has 1 aromatic carbocycles. The Morgan fingerprint density at radius 2 is 2.10 bits per heavy atom. The molecule has 110 valence electrons. The van der Waals surface area contributed by atoms with Crippen LogP contribution in [0, 0.1) is 5.82 Å². The molecule has 0 aliphatic carbocycles. The minimum atomic E-state index is -1.17. The average Bonchev–Trinajstić information content (AvgIpc) is 2.90. The quantitative estimate of drug-likeness (QED) is 0.821. The number of nitrogens with one attached hydrogen (secondary N) is 1. The molecule has 2 rings (SSSR count). The lowest BCUT2D eigenvalue weighted by Gasteiger charge is -2.05. The summed E-state index contributed by atoms with van der Waals surface area (Å²) < 4.78 is 18.0. The number of furan rings is 1. The van der Waals surface area contributed by atoms with Gasteiger partial charge in [-0.1, -0.05) is 23.4 Å². The Balaban J connectivity index is 1.89. The zero-order valence-corrected chi connectivity index (χ0v) is 12.0. The first-order valence-electron chi connectivity index (χ1n) is 5.66. The van der Waals surface area contributed by atoms with Gasteiger partial charge in [0.1, 0.15) is 5.82 Å². The zero-order chi connectivity index (χ0) is 15.4. The molecule has 1 aromatic heterocycles. The summed E-state index contributed by atoms with van der Waals surface area (Å²) in [6, 6.07) is 6.61. The van der Waals surface area contributed by atoms with Crippen LogP contribution in [0.2, 0.25) is 5.02 Å². The van der Waals surface area contributed by atoms with E-state index in [9.17, 15) is 14.0 Å². The SMILES string of the molecule is O=C(CSc1ccc(C(=O)O)o1)Nc1ccc(F)c(Cl)c1. The highest BCUT2D eigenvalue weighted by atomic mass is 35.5. The minimum absolute atomic E-state index is 0.0154. The Morgan fingerprint density at radius 1 is 1.33 bits per heavy atom. The second-order valence-electron chi connectivity index (χ2n) is 3.89.